The van der Waals surface area contributed by atoms with Gasteiger partial charge in [-0.2, -0.15) is 4.98 Å². The standard InChI is InChI=1S/C33H33N5O4/c1-4-32(20-39)22(2)19-27(42-32)38-21-34-28-29(38)35-31(36-30(28)40)37-33(23-11-7-5-8-12-23,24-13-9-6-10-14-24)25-15-17-26(41-3)18-16-25/h4-18,21-22,27,39H,1,19-20H2,2-3H3,(H2,35,36,37,40)/t22-,27+,32+/m0/s1. The summed E-state index contributed by atoms with van der Waals surface area (Å²) in [6.45, 7) is 5.69. The van der Waals surface area contributed by atoms with Gasteiger partial charge in [0.15, 0.2) is 11.2 Å². The largest absolute Gasteiger partial charge is 0.497 e. The molecule has 2 aromatic heterocycles. The van der Waals surface area contributed by atoms with E-state index in [1.807, 2.05) is 91.9 Å². The lowest BCUT2D eigenvalue weighted by Crippen LogP contribution is -2.39. The van der Waals surface area contributed by atoms with E-state index in [0.29, 0.717) is 12.1 Å². The van der Waals surface area contributed by atoms with Gasteiger partial charge in [0.05, 0.1) is 20.0 Å². The summed E-state index contributed by atoms with van der Waals surface area (Å²) in [5.74, 6) is 0.997. The number of aromatic amines is 1. The molecule has 9 heteroatoms. The van der Waals surface area contributed by atoms with E-state index >= 15 is 0 Å². The fraction of sp³-hybridized carbons (Fsp3) is 0.242. The van der Waals surface area contributed by atoms with Crippen LogP contribution in [0.15, 0.2) is 109 Å². The highest BCUT2D eigenvalue weighted by Gasteiger charge is 2.45. The molecule has 5 aromatic rings. The zero-order valence-corrected chi connectivity index (χ0v) is 23.5. The van der Waals surface area contributed by atoms with Crippen LogP contribution in [0.5, 0.6) is 5.75 Å². The number of ether oxygens (including phenoxy) is 2. The minimum atomic E-state index is -0.934. The number of methoxy groups -OCH3 is 1. The summed E-state index contributed by atoms with van der Waals surface area (Å²) >= 11 is 0. The maximum absolute atomic E-state index is 13.4. The highest BCUT2D eigenvalue weighted by Crippen LogP contribution is 2.43. The number of aromatic nitrogens is 4. The minimum Gasteiger partial charge on any atom is -0.497 e. The second-order valence-corrected chi connectivity index (χ2v) is 10.6. The van der Waals surface area contributed by atoms with Gasteiger partial charge in [0, 0.05) is 0 Å². The van der Waals surface area contributed by atoms with Crippen molar-refractivity contribution >= 4 is 17.1 Å². The fourth-order valence-corrected chi connectivity index (χ4v) is 5.90. The van der Waals surface area contributed by atoms with E-state index in [0.717, 1.165) is 22.4 Å². The number of hydrogen-bond acceptors (Lipinski definition) is 7. The van der Waals surface area contributed by atoms with Crippen LogP contribution in [-0.4, -0.2) is 43.9 Å². The maximum Gasteiger partial charge on any atom is 0.280 e. The Bertz CT molecular complexity index is 1710. The minimum absolute atomic E-state index is 0.000857. The fourth-order valence-electron chi connectivity index (χ4n) is 5.90. The van der Waals surface area contributed by atoms with Gasteiger partial charge >= 0.3 is 0 Å². The van der Waals surface area contributed by atoms with Gasteiger partial charge in [-0.05, 0) is 41.2 Å². The van der Waals surface area contributed by atoms with Crippen molar-refractivity contribution in [2.24, 2.45) is 5.92 Å². The summed E-state index contributed by atoms with van der Waals surface area (Å²) in [4.78, 5) is 25.6. The quantitative estimate of drug-likeness (QED) is 0.171. The number of rotatable bonds is 9. The predicted molar refractivity (Wildman–Crippen MR) is 161 cm³/mol. The van der Waals surface area contributed by atoms with E-state index in [9.17, 15) is 9.90 Å². The maximum atomic E-state index is 13.4. The lowest BCUT2D eigenvalue weighted by atomic mass is 9.77. The zero-order chi connectivity index (χ0) is 29.3. The van der Waals surface area contributed by atoms with Crippen LogP contribution in [0, 0.1) is 5.92 Å². The molecular formula is C33H33N5O4. The lowest BCUT2D eigenvalue weighted by molar-refractivity contribution is -0.0777. The van der Waals surface area contributed by atoms with E-state index < -0.39 is 17.4 Å². The van der Waals surface area contributed by atoms with Crippen LogP contribution < -0.4 is 15.6 Å². The molecule has 0 unspecified atom stereocenters. The van der Waals surface area contributed by atoms with E-state index in [1.165, 1.54) is 0 Å². The molecule has 1 fully saturated rings. The SMILES string of the molecule is C=C[C@]1(CO)O[C@@H](n2cnc3c(=O)[nH]c(NC(c4ccccc4)(c4ccccc4)c4ccc(OC)cc4)nc32)C[C@@H]1C. The lowest BCUT2D eigenvalue weighted by Gasteiger charge is -2.37. The summed E-state index contributed by atoms with van der Waals surface area (Å²) < 4.78 is 13.5. The second-order valence-electron chi connectivity index (χ2n) is 10.6. The van der Waals surface area contributed by atoms with Crippen molar-refractivity contribution in [1.82, 2.24) is 19.5 Å². The Hall–Kier alpha value is -4.73. The van der Waals surface area contributed by atoms with E-state index in [4.69, 9.17) is 14.5 Å². The van der Waals surface area contributed by atoms with Crippen LogP contribution in [-0.2, 0) is 10.3 Å². The molecule has 0 bridgehead atoms. The molecule has 3 heterocycles. The summed E-state index contributed by atoms with van der Waals surface area (Å²) in [6.07, 6.45) is 3.33. The first-order chi connectivity index (χ1) is 20.4. The van der Waals surface area contributed by atoms with Crippen molar-refractivity contribution in [2.45, 2.75) is 30.7 Å². The van der Waals surface area contributed by atoms with Gasteiger partial charge in [0.25, 0.3) is 5.56 Å². The van der Waals surface area contributed by atoms with Gasteiger partial charge in [0.1, 0.15) is 23.1 Å². The van der Waals surface area contributed by atoms with Crippen molar-refractivity contribution in [3.05, 3.63) is 131 Å². The van der Waals surface area contributed by atoms with Crippen molar-refractivity contribution in [3.8, 4) is 5.75 Å². The highest BCUT2D eigenvalue weighted by atomic mass is 16.5. The van der Waals surface area contributed by atoms with Crippen molar-refractivity contribution in [1.29, 1.82) is 0 Å². The Balaban J connectivity index is 1.52. The monoisotopic (exact) mass is 563 g/mol. The smallest absolute Gasteiger partial charge is 0.280 e. The molecular weight excluding hydrogens is 530 g/mol. The number of hydrogen-bond donors (Lipinski definition) is 3. The first-order valence-electron chi connectivity index (χ1n) is 13.9. The molecule has 3 atom stereocenters. The number of nitrogens with zero attached hydrogens (tertiary/aromatic N) is 3. The number of aliphatic hydroxyl groups excluding tert-OH is 1. The van der Waals surface area contributed by atoms with Gasteiger partial charge in [0.2, 0.25) is 5.95 Å². The van der Waals surface area contributed by atoms with Crippen LogP contribution in [0.4, 0.5) is 5.95 Å². The van der Waals surface area contributed by atoms with Crippen LogP contribution >= 0.6 is 0 Å². The molecule has 0 radical (unpaired) electrons. The normalized spacial score (nSPS) is 20.5. The molecule has 3 aromatic carbocycles. The number of aliphatic hydroxyl groups is 1. The number of fused-ring (bicyclic) bond motifs is 1. The molecule has 1 saturated heterocycles. The molecule has 3 N–H and O–H groups in total. The Labute approximate surface area is 243 Å². The molecule has 0 spiro atoms. The summed E-state index contributed by atoms with van der Waals surface area (Å²) in [5.41, 5.74) is 1.20. The molecule has 0 aliphatic carbocycles. The number of nitrogens with one attached hydrogen (secondary N) is 2. The molecule has 6 rings (SSSR count). The zero-order valence-electron chi connectivity index (χ0n) is 23.5. The summed E-state index contributed by atoms with van der Waals surface area (Å²) in [6, 6.07) is 27.9. The third-order valence-corrected chi connectivity index (χ3v) is 8.32. The number of anilines is 1. The molecule has 0 saturated carbocycles. The summed E-state index contributed by atoms with van der Waals surface area (Å²) in [7, 11) is 1.64. The average molecular weight is 564 g/mol. The van der Waals surface area contributed by atoms with Crippen LogP contribution in [0.2, 0.25) is 0 Å². The van der Waals surface area contributed by atoms with Crippen LogP contribution in [0.3, 0.4) is 0 Å². The third-order valence-electron chi connectivity index (χ3n) is 8.32. The highest BCUT2D eigenvalue weighted by molar-refractivity contribution is 5.71. The predicted octanol–water partition coefficient (Wildman–Crippen LogP) is 5.00. The van der Waals surface area contributed by atoms with E-state index in [-0.39, 0.29) is 29.5 Å². The number of benzene rings is 3. The van der Waals surface area contributed by atoms with Crippen LogP contribution in [0.1, 0.15) is 36.3 Å². The van der Waals surface area contributed by atoms with Crippen LogP contribution in [0.25, 0.3) is 11.2 Å². The Morgan fingerprint density at radius 3 is 2.26 bits per heavy atom. The van der Waals surface area contributed by atoms with Crippen molar-refractivity contribution in [3.63, 3.8) is 0 Å². The number of H-pyrrole nitrogens is 1. The first kappa shape index (κ1) is 27.4. The first-order valence-corrected chi connectivity index (χ1v) is 13.9. The average Bonchev–Trinajstić information content (AvgIpc) is 3.62. The van der Waals surface area contributed by atoms with Gasteiger partial charge in [-0.3, -0.25) is 14.3 Å². The molecule has 42 heavy (non-hydrogen) atoms. The van der Waals surface area contributed by atoms with Crippen molar-refractivity contribution < 1.29 is 14.6 Å². The molecule has 1 aliphatic heterocycles. The van der Waals surface area contributed by atoms with Gasteiger partial charge in [-0.1, -0.05) is 85.8 Å². The van der Waals surface area contributed by atoms with E-state index in [1.54, 1.807) is 24.1 Å². The Morgan fingerprint density at radius 2 is 1.71 bits per heavy atom. The summed E-state index contributed by atoms with van der Waals surface area (Å²) in [5, 5.41) is 13.7. The van der Waals surface area contributed by atoms with Gasteiger partial charge in [-0.25, -0.2) is 4.98 Å². The second kappa shape index (κ2) is 10.9. The van der Waals surface area contributed by atoms with E-state index in [2.05, 4.69) is 21.9 Å². The van der Waals surface area contributed by atoms with Crippen molar-refractivity contribution in [2.75, 3.05) is 19.0 Å². The van der Waals surface area contributed by atoms with Gasteiger partial charge in [-0.15, -0.1) is 6.58 Å². The Kier molecular flexibility index (Phi) is 7.14. The topological polar surface area (TPSA) is 114 Å². The molecule has 9 nitrogen and oxygen atoms in total. The molecule has 1 aliphatic rings. The van der Waals surface area contributed by atoms with Gasteiger partial charge < -0.3 is 19.9 Å². The molecule has 214 valence electrons. The number of imidazole rings is 1. The third kappa shape index (κ3) is 4.47. The molecule has 0 amide bonds. The Morgan fingerprint density at radius 1 is 1.10 bits per heavy atom.